The van der Waals surface area contributed by atoms with Crippen LogP contribution in [0.3, 0.4) is 0 Å². The van der Waals surface area contributed by atoms with Gasteiger partial charge >= 0.3 is 0 Å². The lowest BCUT2D eigenvalue weighted by Gasteiger charge is -2.37. The summed E-state index contributed by atoms with van der Waals surface area (Å²) >= 11 is 1.71. The summed E-state index contributed by atoms with van der Waals surface area (Å²) in [5.41, 5.74) is 0. The Morgan fingerprint density at radius 1 is 1.55 bits per heavy atom. The minimum atomic E-state index is 0.126. The summed E-state index contributed by atoms with van der Waals surface area (Å²) in [6.07, 6.45) is 0. The number of nitrogens with one attached hydrogen (secondary N) is 2. The number of nitrogens with zero attached hydrogens (tertiary/aromatic N) is 1. The second-order valence-electron chi connectivity index (χ2n) is 5.68. The zero-order chi connectivity index (χ0) is 14.5. The molecule has 2 heterocycles. The summed E-state index contributed by atoms with van der Waals surface area (Å²) in [7, 11) is 0. The fourth-order valence-electron chi connectivity index (χ4n) is 2.47. The Labute approximate surface area is 125 Å². The van der Waals surface area contributed by atoms with Gasteiger partial charge in [-0.25, -0.2) is 0 Å². The van der Waals surface area contributed by atoms with Crippen molar-refractivity contribution in [2.24, 2.45) is 5.92 Å². The molecule has 2 N–H and O–H groups in total. The molecule has 1 amide bonds. The first-order valence-corrected chi connectivity index (χ1v) is 8.27. The van der Waals surface area contributed by atoms with Crippen molar-refractivity contribution < 1.29 is 4.79 Å². The summed E-state index contributed by atoms with van der Waals surface area (Å²) in [4.78, 5) is 15.8. The molecule has 0 radical (unpaired) electrons. The van der Waals surface area contributed by atoms with Gasteiger partial charge in [0, 0.05) is 24.0 Å². The van der Waals surface area contributed by atoms with Crippen molar-refractivity contribution in [2.75, 3.05) is 26.2 Å². The molecule has 2 rings (SSSR count). The van der Waals surface area contributed by atoms with Crippen LogP contribution >= 0.6 is 11.3 Å². The average molecular weight is 295 g/mol. The highest BCUT2D eigenvalue weighted by atomic mass is 32.1. The Morgan fingerprint density at radius 3 is 2.75 bits per heavy atom. The van der Waals surface area contributed by atoms with Crippen LogP contribution in [0, 0.1) is 5.92 Å². The van der Waals surface area contributed by atoms with Gasteiger partial charge in [-0.1, -0.05) is 26.8 Å². The molecule has 4 nitrogen and oxygen atoms in total. The van der Waals surface area contributed by atoms with E-state index in [1.54, 1.807) is 11.3 Å². The molecule has 1 aromatic rings. The van der Waals surface area contributed by atoms with E-state index >= 15 is 0 Å². The molecule has 1 unspecified atom stereocenters. The quantitative estimate of drug-likeness (QED) is 0.807. The summed E-state index contributed by atoms with van der Waals surface area (Å²) in [6, 6.07) is 4.79. The summed E-state index contributed by atoms with van der Waals surface area (Å²) in [5, 5.41) is 8.52. The smallest absolute Gasteiger partial charge is 0.234 e. The van der Waals surface area contributed by atoms with Crippen LogP contribution in [0.25, 0.3) is 0 Å². The topological polar surface area (TPSA) is 44.4 Å². The lowest BCUT2D eigenvalue weighted by molar-refractivity contribution is -0.124. The van der Waals surface area contributed by atoms with Crippen molar-refractivity contribution >= 4 is 17.2 Å². The first-order chi connectivity index (χ1) is 9.61. The Hall–Kier alpha value is -0.910. The number of thiophene rings is 1. The van der Waals surface area contributed by atoms with Crippen LogP contribution < -0.4 is 10.6 Å². The summed E-state index contributed by atoms with van der Waals surface area (Å²) in [6.45, 7) is 9.84. The van der Waals surface area contributed by atoms with Gasteiger partial charge in [0.15, 0.2) is 0 Å². The van der Waals surface area contributed by atoms with Gasteiger partial charge in [0.25, 0.3) is 0 Å². The predicted octanol–water partition coefficient (Wildman–Crippen LogP) is 1.86. The highest BCUT2D eigenvalue weighted by molar-refractivity contribution is 7.10. The molecule has 0 saturated carbocycles. The second-order valence-corrected chi connectivity index (χ2v) is 6.66. The van der Waals surface area contributed by atoms with E-state index in [1.807, 2.05) is 6.07 Å². The van der Waals surface area contributed by atoms with Crippen LogP contribution in [0.5, 0.6) is 0 Å². The van der Waals surface area contributed by atoms with Gasteiger partial charge in [0.05, 0.1) is 12.6 Å². The molecule has 1 aromatic heterocycles. The lowest BCUT2D eigenvalue weighted by atomic mass is 10.0. The zero-order valence-electron chi connectivity index (χ0n) is 12.6. The molecular weight excluding hydrogens is 270 g/mol. The first kappa shape index (κ1) is 15.5. The van der Waals surface area contributed by atoms with Crippen molar-refractivity contribution in [1.82, 2.24) is 15.5 Å². The monoisotopic (exact) mass is 295 g/mol. The van der Waals surface area contributed by atoms with Gasteiger partial charge < -0.3 is 10.6 Å². The van der Waals surface area contributed by atoms with Crippen LogP contribution in [0.4, 0.5) is 0 Å². The second kappa shape index (κ2) is 7.20. The Morgan fingerprint density at radius 2 is 2.30 bits per heavy atom. The molecular formula is C15H25N3OS. The largest absolute Gasteiger partial charge is 0.347 e. The van der Waals surface area contributed by atoms with Gasteiger partial charge in [0.2, 0.25) is 5.91 Å². The SMILES string of the molecule is CCN(CC(=O)NC(c1cccs1)C(C)C)C1CNC1. The predicted molar refractivity (Wildman–Crippen MR) is 83.9 cm³/mol. The molecule has 5 heteroatoms. The van der Waals surface area contributed by atoms with Crippen LogP contribution in [0.1, 0.15) is 31.7 Å². The third-order valence-corrected chi connectivity index (χ3v) is 4.82. The van der Waals surface area contributed by atoms with E-state index in [9.17, 15) is 4.79 Å². The Kier molecular flexibility index (Phi) is 5.57. The number of likely N-dealkylation sites (N-methyl/N-ethyl adjacent to an activating group) is 1. The van der Waals surface area contributed by atoms with E-state index in [-0.39, 0.29) is 11.9 Å². The minimum Gasteiger partial charge on any atom is -0.347 e. The van der Waals surface area contributed by atoms with Crippen molar-refractivity contribution in [2.45, 2.75) is 32.9 Å². The van der Waals surface area contributed by atoms with Gasteiger partial charge in [-0.2, -0.15) is 0 Å². The normalized spacial score (nSPS) is 17.2. The maximum absolute atomic E-state index is 12.3. The molecule has 112 valence electrons. The standard InChI is InChI=1S/C15H25N3OS/c1-4-18(12-8-16-9-12)10-14(19)17-15(11(2)3)13-6-5-7-20-13/h5-7,11-12,15-16H,4,8-10H2,1-3H3,(H,17,19). The van der Waals surface area contributed by atoms with E-state index < -0.39 is 0 Å². The van der Waals surface area contributed by atoms with E-state index in [0.29, 0.717) is 18.5 Å². The lowest BCUT2D eigenvalue weighted by Crippen LogP contribution is -2.59. The highest BCUT2D eigenvalue weighted by Crippen LogP contribution is 2.25. The molecule has 0 spiro atoms. The van der Waals surface area contributed by atoms with Crippen molar-refractivity contribution in [1.29, 1.82) is 0 Å². The molecule has 1 atom stereocenters. The van der Waals surface area contributed by atoms with Gasteiger partial charge in [-0.15, -0.1) is 11.3 Å². The number of hydrogen-bond donors (Lipinski definition) is 2. The van der Waals surface area contributed by atoms with Crippen molar-refractivity contribution in [3.05, 3.63) is 22.4 Å². The van der Waals surface area contributed by atoms with Gasteiger partial charge in [0.1, 0.15) is 0 Å². The summed E-state index contributed by atoms with van der Waals surface area (Å²) in [5.74, 6) is 0.531. The minimum absolute atomic E-state index is 0.126. The van der Waals surface area contributed by atoms with Crippen LogP contribution in [-0.2, 0) is 4.79 Å². The van der Waals surface area contributed by atoms with E-state index in [2.05, 4.69) is 47.8 Å². The average Bonchev–Trinajstić information content (AvgIpc) is 2.86. The number of carbonyl (C=O) groups is 1. The molecule has 0 aromatic carbocycles. The molecule has 1 aliphatic heterocycles. The number of hydrogen-bond acceptors (Lipinski definition) is 4. The van der Waals surface area contributed by atoms with Crippen molar-refractivity contribution in [3.63, 3.8) is 0 Å². The third-order valence-electron chi connectivity index (χ3n) is 3.86. The van der Waals surface area contributed by atoms with E-state index in [0.717, 1.165) is 19.6 Å². The maximum Gasteiger partial charge on any atom is 0.234 e. The van der Waals surface area contributed by atoms with Crippen LogP contribution in [0.15, 0.2) is 17.5 Å². The highest BCUT2D eigenvalue weighted by Gasteiger charge is 2.26. The van der Waals surface area contributed by atoms with E-state index in [1.165, 1.54) is 4.88 Å². The molecule has 1 saturated heterocycles. The maximum atomic E-state index is 12.3. The number of amides is 1. The number of rotatable bonds is 7. The van der Waals surface area contributed by atoms with Crippen molar-refractivity contribution in [3.8, 4) is 0 Å². The fourth-order valence-corrected chi connectivity index (χ4v) is 3.42. The van der Waals surface area contributed by atoms with Gasteiger partial charge in [-0.05, 0) is 23.9 Å². The summed E-state index contributed by atoms with van der Waals surface area (Å²) < 4.78 is 0. The molecule has 20 heavy (non-hydrogen) atoms. The third kappa shape index (κ3) is 3.81. The van der Waals surface area contributed by atoms with Crippen LogP contribution in [0.2, 0.25) is 0 Å². The van der Waals surface area contributed by atoms with E-state index in [4.69, 9.17) is 0 Å². The fraction of sp³-hybridized carbons (Fsp3) is 0.667. The van der Waals surface area contributed by atoms with Gasteiger partial charge in [-0.3, -0.25) is 9.69 Å². The molecule has 1 aliphatic rings. The number of carbonyl (C=O) groups excluding carboxylic acids is 1. The zero-order valence-corrected chi connectivity index (χ0v) is 13.4. The molecule has 0 aliphatic carbocycles. The van der Waals surface area contributed by atoms with Crippen LogP contribution in [-0.4, -0.2) is 43.0 Å². The molecule has 0 bridgehead atoms. The Bertz CT molecular complexity index is 415. The Balaban J connectivity index is 1.91. The molecule has 1 fully saturated rings. The first-order valence-electron chi connectivity index (χ1n) is 7.39.